The molecule has 0 radical (unpaired) electrons. The Balaban J connectivity index is 1.95. The van der Waals surface area contributed by atoms with Gasteiger partial charge in [0, 0.05) is 32.1 Å². The molecule has 5 nitrogen and oxygen atoms in total. The van der Waals surface area contributed by atoms with Crippen LogP contribution in [0.15, 0.2) is 18.2 Å². The Morgan fingerprint density at radius 3 is 2.74 bits per heavy atom. The molecule has 0 unspecified atom stereocenters. The van der Waals surface area contributed by atoms with Crippen molar-refractivity contribution in [1.29, 1.82) is 0 Å². The third kappa shape index (κ3) is 3.53. The number of unbranched alkanes of at least 4 members (excludes halogenated alkanes) is 1. The summed E-state index contributed by atoms with van der Waals surface area (Å²) in [6.07, 6.45) is 2.03. The largest absolute Gasteiger partial charge is 0.449 e. The summed E-state index contributed by atoms with van der Waals surface area (Å²) < 4.78 is 11.2. The molecule has 1 aromatic rings. The van der Waals surface area contributed by atoms with Gasteiger partial charge in [-0.25, -0.2) is 4.79 Å². The number of ether oxygens (including phenoxy) is 2. The van der Waals surface area contributed by atoms with Crippen LogP contribution < -0.4 is 20.1 Å². The predicted molar refractivity (Wildman–Crippen MR) is 73.7 cm³/mol. The Kier molecular flexibility index (Phi) is 3.83. The van der Waals surface area contributed by atoms with Gasteiger partial charge in [-0.15, -0.1) is 0 Å². The van der Waals surface area contributed by atoms with Crippen LogP contribution in [0.5, 0.6) is 11.5 Å². The summed E-state index contributed by atoms with van der Waals surface area (Å²) in [6.45, 7) is 6.45. The number of fused-ring (bicyclic) bond motifs is 1. The van der Waals surface area contributed by atoms with E-state index in [1.807, 2.05) is 13.8 Å². The van der Waals surface area contributed by atoms with E-state index in [1.54, 1.807) is 18.2 Å². The SMILES string of the molecule is CCCCNC(=O)Nc1ccc2c(c1)OC(C)(C)O2. The van der Waals surface area contributed by atoms with E-state index in [0.29, 0.717) is 23.7 Å². The second-order valence-corrected chi connectivity index (χ2v) is 5.00. The minimum atomic E-state index is -0.648. The fourth-order valence-corrected chi connectivity index (χ4v) is 1.85. The van der Waals surface area contributed by atoms with Crippen LogP contribution in [-0.4, -0.2) is 18.4 Å². The molecule has 0 aromatic heterocycles. The lowest BCUT2D eigenvalue weighted by Gasteiger charge is -2.16. The van der Waals surface area contributed by atoms with Crippen LogP contribution >= 0.6 is 0 Å². The summed E-state index contributed by atoms with van der Waals surface area (Å²) >= 11 is 0. The Bertz CT molecular complexity index is 472. The molecule has 2 rings (SSSR count). The molecule has 0 saturated heterocycles. The molecule has 2 N–H and O–H groups in total. The van der Waals surface area contributed by atoms with E-state index in [0.717, 1.165) is 12.8 Å². The zero-order chi connectivity index (χ0) is 13.9. The highest BCUT2D eigenvalue weighted by molar-refractivity contribution is 5.89. The van der Waals surface area contributed by atoms with Crippen LogP contribution in [-0.2, 0) is 0 Å². The average molecular weight is 264 g/mol. The van der Waals surface area contributed by atoms with Crippen molar-refractivity contribution in [1.82, 2.24) is 5.32 Å². The van der Waals surface area contributed by atoms with Gasteiger partial charge >= 0.3 is 6.03 Å². The van der Waals surface area contributed by atoms with Gasteiger partial charge in [-0.3, -0.25) is 0 Å². The molecular formula is C14H20N2O3. The van der Waals surface area contributed by atoms with Crippen LogP contribution in [0.1, 0.15) is 33.6 Å². The topological polar surface area (TPSA) is 59.6 Å². The van der Waals surface area contributed by atoms with E-state index in [4.69, 9.17) is 9.47 Å². The summed E-state index contributed by atoms with van der Waals surface area (Å²) in [5.74, 6) is 0.697. The Morgan fingerprint density at radius 1 is 1.26 bits per heavy atom. The van der Waals surface area contributed by atoms with E-state index >= 15 is 0 Å². The number of carbonyl (C=O) groups is 1. The molecule has 1 aliphatic rings. The minimum absolute atomic E-state index is 0.202. The molecule has 2 amide bonds. The van der Waals surface area contributed by atoms with Crippen molar-refractivity contribution < 1.29 is 14.3 Å². The molecule has 1 aromatic carbocycles. The monoisotopic (exact) mass is 264 g/mol. The molecule has 0 bridgehead atoms. The van der Waals surface area contributed by atoms with Crippen molar-refractivity contribution in [2.45, 2.75) is 39.4 Å². The third-order valence-corrected chi connectivity index (χ3v) is 2.73. The number of carbonyl (C=O) groups excluding carboxylic acids is 1. The number of hydrogen-bond acceptors (Lipinski definition) is 3. The summed E-state index contributed by atoms with van der Waals surface area (Å²) in [5, 5.41) is 5.57. The van der Waals surface area contributed by atoms with Gasteiger partial charge in [0.25, 0.3) is 0 Å². The Morgan fingerprint density at radius 2 is 2.00 bits per heavy atom. The highest BCUT2D eigenvalue weighted by Gasteiger charge is 2.31. The molecule has 0 aliphatic carbocycles. The number of anilines is 1. The van der Waals surface area contributed by atoms with E-state index in [2.05, 4.69) is 17.6 Å². The van der Waals surface area contributed by atoms with Gasteiger partial charge in [-0.05, 0) is 18.6 Å². The molecule has 1 heterocycles. The smallest absolute Gasteiger partial charge is 0.319 e. The first kappa shape index (κ1) is 13.5. The maximum absolute atomic E-state index is 11.6. The second-order valence-electron chi connectivity index (χ2n) is 5.00. The summed E-state index contributed by atoms with van der Waals surface area (Å²) in [7, 11) is 0. The Hall–Kier alpha value is -1.91. The lowest BCUT2D eigenvalue weighted by molar-refractivity contribution is -0.0431. The first-order chi connectivity index (χ1) is 9.00. The number of urea groups is 1. The first-order valence-corrected chi connectivity index (χ1v) is 6.57. The van der Waals surface area contributed by atoms with Crippen molar-refractivity contribution >= 4 is 11.7 Å². The zero-order valence-electron chi connectivity index (χ0n) is 11.6. The molecular weight excluding hydrogens is 244 g/mol. The molecule has 1 aliphatic heterocycles. The fourth-order valence-electron chi connectivity index (χ4n) is 1.85. The normalized spacial score (nSPS) is 15.1. The van der Waals surface area contributed by atoms with Crippen molar-refractivity contribution in [2.24, 2.45) is 0 Å². The van der Waals surface area contributed by atoms with Crippen LogP contribution in [0.25, 0.3) is 0 Å². The minimum Gasteiger partial charge on any atom is -0.449 e. The van der Waals surface area contributed by atoms with Crippen molar-refractivity contribution in [3.63, 3.8) is 0 Å². The number of benzene rings is 1. The second kappa shape index (κ2) is 5.38. The van der Waals surface area contributed by atoms with E-state index in [1.165, 1.54) is 0 Å². The van der Waals surface area contributed by atoms with E-state index in [-0.39, 0.29) is 6.03 Å². The van der Waals surface area contributed by atoms with Gasteiger partial charge in [0.2, 0.25) is 5.79 Å². The predicted octanol–water partition coefficient (Wildman–Crippen LogP) is 3.12. The molecule has 0 saturated carbocycles. The zero-order valence-corrected chi connectivity index (χ0v) is 11.6. The summed E-state index contributed by atoms with van der Waals surface area (Å²) in [4.78, 5) is 11.6. The molecule has 104 valence electrons. The standard InChI is InChI=1S/C14H20N2O3/c1-4-5-8-15-13(17)16-10-6-7-11-12(9-10)19-14(2,3)18-11/h6-7,9H,4-5,8H2,1-3H3,(H2,15,16,17). The van der Waals surface area contributed by atoms with E-state index < -0.39 is 5.79 Å². The molecule has 0 spiro atoms. The first-order valence-electron chi connectivity index (χ1n) is 6.57. The maximum atomic E-state index is 11.6. The van der Waals surface area contributed by atoms with Crippen LogP contribution in [0.3, 0.4) is 0 Å². The average Bonchev–Trinajstić information content (AvgIpc) is 2.62. The lowest BCUT2D eigenvalue weighted by Crippen LogP contribution is -2.29. The number of amides is 2. The van der Waals surface area contributed by atoms with Gasteiger partial charge in [-0.1, -0.05) is 13.3 Å². The maximum Gasteiger partial charge on any atom is 0.319 e. The van der Waals surface area contributed by atoms with Gasteiger partial charge < -0.3 is 20.1 Å². The number of nitrogens with one attached hydrogen (secondary N) is 2. The third-order valence-electron chi connectivity index (χ3n) is 2.73. The highest BCUT2D eigenvalue weighted by atomic mass is 16.7. The lowest BCUT2D eigenvalue weighted by atomic mass is 10.3. The molecule has 19 heavy (non-hydrogen) atoms. The van der Waals surface area contributed by atoms with Gasteiger partial charge in [0.15, 0.2) is 11.5 Å². The van der Waals surface area contributed by atoms with Gasteiger partial charge in [-0.2, -0.15) is 0 Å². The molecule has 0 atom stereocenters. The number of hydrogen-bond donors (Lipinski definition) is 2. The van der Waals surface area contributed by atoms with Crippen LogP contribution in [0.4, 0.5) is 10.5 Å². The summed E-state index contributed by atoms with van der Waals surface area (Å²) in [6, 6.07) is 5.16. The van der Waals surface area contributed by atoms with Gasteiger partial charge in [0.1, 0.15) is 0 Å². The Labute approximate surface area is 113 Å². The molecule has 0 fully saturated rings. The van der Waals surface area contributed by atoms with Crippen molar-refractivity contribution in [2.75, 3.05) is 11.9 Å². The summed E-state index contributed by atoms with van der Waals surface area (Å²) in [5.41, 5.74) is 0.689. The van der Waals surface area contributed by atoms with Gasteiger partial charge in [0.05, 0.1) is 0 Å². The fraction of sp³-hybridized carbons (Fsp3) is 0.500. The van der Waals surface area contributed by atoms with Crippen LogP contribution in [0, 0.1) is 0 Å². The molecule has 5 heteroatoms. The highest BCUT2D eigenvalue weighted by Crippen LogP contribution is 2.40. The van der Waals surface area contributed by atoms with Crippen molar-refractivity contribution in [3.8, 4) is 11.5 Å². The van der Waals surface area contributed by atoms with E-state index in [9.17, 15) is 4.79 Å². The van der Waals surface area contributed by atoms with Crippen LogP contribution in [0.2, 0.25) is 0 Å². The quantitative estimate of drug-likeness (QED) is 0.821. The van der Waals surface area contributed by atoms with Crippen molar-refractivity contribution in [3.05, 3.63) is 18.2 Å². The number of rotatable bonds is 4.